The molecule has 0 saturated carbocycles. The van der Waals surface area contributed by atoms with Crippen molar-refractivity contribution < 1.29 is 5.11 Å². The summed E-state index contributed by atoms with van der Waals surface area (Å²) in [5, 5.41) is 12.9. The topological polar surface area (TPSA) is 61.1 Å². The summed E-state index contributed by atoms with van der Waals surface area (Å²) < 4.78 is 0. The fourth-order valence-corrected chi connectivity index (χ4v) is 3.93. The minimum Gasteiger partial charge on any atom is -0.389 e. The summed E-state index contributed by atoms with van der Waals surface area (Å²) in [5.74, 6) is 1.48. The maximum absolute atomic E-state index is 11.0. The van der Waals surface area contributed by atoms with Crippen molar-refractivity contribution in [2.75, 3.05) is 23.9 Å². The van der Waals surface area contributed by atoms with E-state index in [0.717, 1.165) is 43.1 Å². The Balaban J connectivity index is 1.66. The van der Waals surface area contributed by atoms with Crippen LogP contribution in [0, 0.1) is 0 Å². The Labute approximate surface area is 170 Å². The predicted octanol–water partition coefficient (Wildman–Crippen LogP) is 4.05. The maximum atomic E-state index is 11.0. The first-order chi connectivity index (χ1) is 13.6. The smallest absolute Gasteiger partial charge is 0.129 e. The van der Waals surface area contributed by atoms with Crippen LogP contribution in [-0.2, 0) is 6.42 Å². The van der Waals surface area contributed by atoms with Gasteiger partial charge < -0.3 is 10.0 Å². The minimum atomic E-state index is -0.655. The molecule has 146 valence electrons. The Morgan fingerprint density at radius 1 is 1.14 bits per heavy atom. The fraction of sp³-hybridized carbons (Fsp3) is 0.318. The van der Waals surface area contributed by atoms with Crippen LogP contribution < -0.4 is 4.90 Å². The maximum Gasteiger partial charge on any atom is 0.129 e. The van der Waals surface area contributed by atoms with Crippen LogP contribution >= 0.6 is 11.8 Å². The largest absolute Gasteiger partial charge is 0.389 e. The molecule has 2 heterocycles. The molecule has 0 amide bonds. The van der Waals surface area contributed by atoms with Crippen molar-refractivity contribution in [3.8, 4) is 0 Å². The molecule has 1 N–H and O–H groups in total. The number of thioether (sulfide) groups is 1. The molecule has 3 rings (SSSR count). The van der Waals surface area contributed by atoms with Crippen molar-refractivity contribution in [3.05, 3.63) is 65.2 Å². The molecule has 6 heteroatoms. The highest BCUT2D eigenvalue weighted by molar-refractivity contribution is 8.02. The Morgan fingerprint density at radius 3 is 2.57 bits per heavy atom. The molecular weight excluding hydrogens is 368 g/mol. The second-order valence-corrected chi connectivity index (χ2v) is 7.76. The average Bonchev–Trinajstić information content (AvgIpc) is 2.72. The summed E-state index contributed by atoms with van der Waals surface area (Å²) >= 11 is 1.51. The van der Waals surface area contributed by atoms with E-state index in [1.54, 1.807) is 0 Å². The second kappa shape index (κ2) is 9.66. The van der Waals surface area contributed by atoms with Crippen LogP contribution in [0.1, 0.15) is 24.1 Å². The Morgan fingerprint density at radius 2 is 1.89 bits per heavy atom. The number of aliphatic hydroxyl groups is 1. The normalized spacial score (nSPS) is 16.6. The van der Waals surface area contributed by atoms with Crippen molar-refractivity contribution >= 4 is 36.7 Å². The van der Waals surface area contributed by atoms with Gasteiger partial charge in [0.05, 0.1) is 22.9 Å². The summed E-state index contributed by atoms with van der Waals surface area (Å²) in [7, 11) is 0. The van der Waals surface area contributed by atoms with E-state index < -0.39 is 5.60 Å². The molecule has 0 spiro atoms. The summed E-state index contributed by atoms with van der Waals surface area (Å²) in [6, 6.07) is 16.1. The Kier molecular flexibility index (Phi) is 7.01. The highest BCUT2D eigenvalue weighted by Crippen LogP contribution is 2.29. The lowest BCUT2D eigenvalue weighted by molar-refractivity contribution is 0.0164. The number of nitrogens with zero attached hydrogens (tertiary/aromatic N) is 4. The van der Waals surface area contributed by atoms with Crippen LogP contribution in [0.2, 0.25) is 0 Å². The van der Waals surface area contributed by atoms with E-state index in [2.05, 4.69) is 40.5 Å². The molecule has 1 aliphatic heterocycles. The average molecular weight is 395 g/mol. The van der Waals surface area contributed by atoms with Gasteiger partial charge in [-0.25, -0.2) is 4.98 Å². The first-order valence-corrected chi connectivity index (χ1v) is 10.4. The lowest BCUT2D eigenvalue weighted by Crippen LogP contribution is -2.46. The van der Waals surface area contributed by atoms with Gasteiger partial charge in [0.2, 0.25) is 0 Å². The molecule has 28 heavy (non-hydrogen) atoms. The van der Waals surface area contributed by atoms with E-state index in [4.69, 9.17) is 4.98 Å². The van der Waals surface area contributed by atoms with E-state index in [0.29, 0.717) is 12.3 Å². The second-order valence-electron chi connectivity index (χ2n) is 6.94. The first-order valence-electron chi connectivity index (χ1n) is 9.33. The van der Waals surface area contributed by atoms with Gasteiger partial charge in [0.25, 0.3) is 0 Å². The van der Waals surface area contributed by atoms with Gasteiger partial charge in [0.1, 0.15) is 5.82 Å². The van der Waals surface area contributed by atoms with Gasteiger partial charge in [0.15, 0.2) is 0 Å². The van der Waals surface area contributed by atoms with Gasteiger partial charge in [-0.2, -0.15) is 0 Å². The predicted molar refractivity (Wildman–Crippen MR) is 120 cm³/mol. The van der Waals surface area contributed by atoms with Gasteiger partial charge in [-0.05, 0) is 44.0 Å². The molecule has 0 radical (unpaired) electrons. The van der Waals surface area contributed by atoms with Crippen molar-refractivity contribution in [2.45, 2.75) is 24.9 Å². The van der Waals surface area contributed by atoms with Crippen LogP contribution in [0.3, 0.4) is 0 Å². The number of piperidine rings is 1. The zero-order valence-corrected chi connectivity index (χ0v) is 16.8. The zero-order chi connectivity index (χ0) is 19.8. The van der Waals surface area contributed by atoms with Crippen LogP contribution in [-0.4, -0.2) is 48.1 Å². The van der Waals surface area contributed by atoms with Crippen molar-refractivity contribution in [3.63, 3.8) is 0 Å². The molecule has 1 saturated heterocycles. The van der Waals surface area contributed by atoms with E-state index in [1.165, 1.54) is 17.3 Å². The van der Waals surface area contributed by atoms with Gasteiger partial charge in [-0.1, -0.05) is 36.4 Å². The minimum absolute atomic E-state index is 0.574. The molecule has 0 atom stereocenters. The summed E-state index contributed by atoms with van der Waals surface area (Å²) in [5.41, 5.74) is 2.04. The van der Waals surface area contributed by atoms with E-state index in [9.17, 15) is 5.11 Å². The van der Waals surface area contributed by atoms with Gasteiger partial charge >= 0.3 is 0 Å². The highest BCUT2D eigenvalue weighted by Gasteiger charge is 2.32. The number of aromatic nitrogens is 1. The number of pyridine rings is 1. The number of hydrogen-bond donors (Lipinski definition) is 1. The zero-order valence-electron chi connectivity index (χ0n) is 16.0. The molecule has 2 aromatic rings. The molecule has 0 bridgehead atoms. The van der Waals surface area contributed by atoms with E-state index >= 15 is 0 Å². The fourth-order valence-electron chi connectivity index (χ4n) is 3.39. The third-order valence-corrected chi connectivity index (χ3v) is 5.64. The number of rotatable bonds is 8. The van der Waals surface area contributed by atoms with Gasteiger partial charge in [-0.15, -0.1) is 11.8 Å². The van der Waals surface area contributed by atoms with Gasteiger partial charge in [-0.3, -0.25) is 9.98 Å². The highest BCUT2D eigenvalue weighted by atomic mass is 32.2. The third-order valence-electron chi connectivity index (χ3n) is 4.92. The summed E-state index contributed by atoms with van der Waals surface area (Å²) in [6.45, 7) is 8.68. The van der Waals surface area contributed by atoms with Gasteiger partial charge in [0, 0.05) is 24.9 Å². The van der Waals surface area contributed by atoms with Crippen LogP contribution in [0.4, 0.5) is 5.82 Å². The molecule has 5 nitrogen and oxygen atoms in total. The SMILES string of the molecule is C=NCS/C=C(\N=C)c1cccc(N2CCC(O)(Cc3ccccc3)CC2)n1. The molecular formula is C22H26N4OS. The molecule has 1 fully saturated rings. The number of anilines is 1. The third kappa shape index (κ3) is 5.30. The van der Waals surface area contributed by atoms with Crippen LogP contribution in [0.25, 0.3) is 5.70 Å². The molecule has 1 aromatic carbocycles. The summed E-state index contributed by atoms with van der Waals surface area (Å²) in [6.07, 6.45) is 2.13. The van der Waals surface area contributed by atoms with Crippen molar-refractivity contribution in [2.24, 2.45) is 9.98 Å². The first kappa shape index (κ1) is 20.3. The van der Waals surface area contributed by atoms with E-state index in [-0.39, 0.29) is 0 Å². The summed E-state index contributed by atoms with van der Waals surface area (Å²) in [4.78, 5) is 14.9. The molecule has 1 aromatic heterocycles. The van der Waals surface area contributed by atoms with Crippen molar-refractivity contribution in [1.82, 2.24) is 4.98 Å². The number of hydrogen-bond acceptors (Lipinski definition) is 6. The van der Waals surface area contributed by atoms with Crippen LogP contribution in [0.5, 0.6) is 0 Å². The Bertz CT molecular complexity index is 829. The Hall–Kier alpha value is -2.44. The molecule has 0 unspecified atom stereocenters. The number of aliphatic imine (C=N–C) groups is 2. The standard InChI is InChI=1S/C22H26N4OS/c1-23-17-28-16-20(24-2)19-9-6-10-21(25-19)26-13-11-22(27,12-14-26)15-18-7-4-3-5-8-18/h3-10,16,27H,1-2,11-15,17H2/b20-16-. The quantitative estimate of drug-likeness (QED) is 0.542. The van der Waals surface area contributed by atoms with Crippen LogP contribution in [0.15, 0.2) is 63.9 Å². The lowest BCUT2D eigenvalue weighted by atomic mass is 9.85. The monoisotopic (exact) mass is 394 g/mol. The number of benzene rings is 1. The molecule has 0 aliphatic carbocycles. The van der Waals surface area contributed by atoms with Crippen molar-refractivity contribution in [1.29, 1.82) is 0 Å². The molecule has 1 aliphatic rings. The lowest BCUT2D eigenvalue weighted by Gasteiger charge is -2.39. The van der Waals surface area contributed by atoms with E-state index in [1.807, 2.05) is 41.8 Å².